The Bertz CT molecular complexity index is 607. The third-order valence-corrected chi connectivity index (χ3v) is 7.72. The van der Waals surface area contributed by atoms with Gasteiger partial charge in [-0.1, -0.05) is 19.8 Å². The molecule has 1 fully saturated rings. The number of carbonyl (C=O) groups excluding carboxylic acids is 1. The van der Waals surface area contributed by atoms with E-state index < -0.39 is 10.0 Å². The first-order chi connectivity index (χ1) is 10.4. The van der Waals surface area contributed by atoms with Crippen molar-refractivity contribution in [1.29, 1.82) is 0 Å². The number of thiophene rings is 1. The van der Waals surface area contributed by atoms with Crippen molar-refractivity contribution in [2.45, 2.75) is 36.8 Å². The lowest BCUT2D eigenvalue weighted by Gasteiger charge is -2.33. The minimum Gasteiger partial charge on any atom is -0.340 e. The molecule has 0 spiro atoms. The summed E-state index contributed by atoms with van der Waals surface area (Å²) in [5.41, 5.74) is 0. The Morgan fingerprint density at radius 3 is 2.45 bits per heavy atom. The molecule has 22 heavy (non-hydrogen) atoms. The lowest BCUT2D eigenvalue weighted by atomic mass is 10.2. The second-order valence-corrected chi connectivity index (χ2v) is 9.93. The smallest absolute Gasteiger partial charge is 0.252 e. The molecule has 0 saturated carbocycles. The minimum absolute atomic E-state index is 0.143. The zero-order valence-corrected chi connectivity index (χ0v) is 15.8. The van der Waals surface area contributed by atoms with E-state index in [-0.39, 0.29) is 5.91 Å². The van der Waals surface area contributed by atoms with Crippen molar-refractivity contribution in [3.63, 3.8) is 0 Å². The number of hydrogen-bond donors (Lipinski definition) is 0. The van der Waals surface area contributed by atoms with Gasteiger partial charge in [0.1, 0.15) is 4.21 Å². The summed E-state index contributed by atoms with van der Waals surface area (Å²) in [6, 6.07) is 3.36. The second-order valence-electron chi connectivity index (χ2n) is 5.30. The minimum atomic E-state index is -3.43. The maximum Gasteiger partial charge on any atom is 0.252 e. The molecule has 0 atom stereocenters. The van der Waals surface area contributed by atoms with Gasteiger partial charge in [0.05, 0.1) is 3.79 Å². The van der Waals surface area contributed by atoms with Crippen LogP contribution in [0.15, 0.2) is 20.1 Å². The Morgan fingerprint density at radius 1 is 1.23 bits per heavy atom. The van der Waals surface area contributed by atoms with E-state index >= 15 is 0 Å². The fourth-order valence-corrected chi connectivity index (χ4v) is 6.01. The van der Waals surface area contributed by atoms with Crippen LogP contribution < -0.4 is 0 Å². The van der Waals surface area contributed by atoms with E-state index in [0.29, 0.717) is 36.8 Å². The normalized spacial score (nSPS) is 16.9. The molecule has 8 heteroatoms. The van der Waals surface area contributed by atoms with E-state index in [0.717, 1.165) is 23.0 Å². The highest BCUT2D eigenvalue weighted by Gasteiger charge is 2.30. The number of unbranched alkanes of at least 4 members (excludes halogenated alkanes) is 2. The fourth-order valence-electron chi connectivity index (χ4n) is 2.43. The van der Waals surface area contributed by atoms with E-state index in [1.54, 1.807) is 17.0 Å². The SMILES string of the molecule is CCCCCC(=O)N1CCN(S(=O)(=O)c2ccc(Br)s2)CC1. The topological polar surface area (TPSA) is 57.7 Å². The summed E-state index contributed by atoms with van der Waals surface area (Å²) in [6.07, 6.45) is 3.64. The molecule has 124 valence electrons. The van der Waals surface area contributed by atoms with Crippen LogP contribution in [0.1, 0.15) is 32.6 Å². The zero-order valence-electron chi connectivity index (χ0n) is 12.6. The van der Waals surface area contributed by atoms with Crippen LogP contribution in [0.25, 0.3) is 0 Å². The van der Waals surface area contributed by atoms with Gasteiger partial charge in [0.2, 0.25) is 5.91 Å². The summed E-state index contributed by atoms with van der Waals surface area (Å²) in [7, 11) is -3.43. The fraction of sp³-hybridized carbons (Fsp3) is 0.643. The number of nitrogens with zero attached hydrogens (tertiary/aromatic N) is 2. The van der Waals surface area contributed by atoms with Gasteiger partial charge in [0.15, 0.2) is 0 Å². The molecule has 1 aromatic rings. The summed E-state index contributed by atoms with van der Waals surface area (Å²) in [4.78, 5) is 13.8. The van der Waals surface area contributed by atoms with Crippen molar-refractivity contribution in [2.75, 3.05) is 26.2 Å². The second kappa shape index (κ2) is 7.90. The Balaban J connectivity index is 1.90. The van der Waals surface area contributed by atoms with Crippen LogP contribution >= 0.6 is 27.3 Å². The molecule has 0 N–H and O–H groups in total. The molecule has 2 heterocycles. The Labute approximate surface area is 144 Å². The Morgan fingerprint density at radius 2 is 1.91 bits per heavy atom. The first-order valence-electron chi connectivity index (χ1n) is 7.48. The summed E-state index contributed by atoms with van der Waals surface area (Å²) < 4.78 is 27.6. The average molecular weight is 409 g/mol. The lowest BCUT2D eigenvalue weighted by molar-refractivity contribution is -0.132. The number of hydrogen-bond acceptors (Lipinski definition) is 4. The van der Waals surface area contributed by atoms with Crippen molar-refractivity contribution in [2.24, 2.45) is 0 Å². The first kappa shape index (κ1) is 17.9. The first-order valence-corrected chi connectivity index (χ1v) is 10.5. The molecular formula is C14H21BrN2O3S2. The number of amides is 1. The highest BCUT2D eigenvalue weighted by atomic mass is 79.9. The monoisotopic (exact) mass is 408 g/mol. The van der Waals surface area contributed by atoms with Crippen molar-refractivity contribution in [3.05, 3.63) is 15.9 Å². The van der Waals surface area contributed by atoms with Crippen molar-refractivity contribution in [1.82, 2.24) is 9.21 Å². The van der Waals surface area contributed by atoms with Crippen LogP contribution in [-0.4, -0.2) is 49.7 Å². The van der Waals surface area contributed by atoms with Crippen LogP contribution in [0.3, 0.4) is 0 Å². The predicted octanol–water partition coefficient (Wildman–Crippen LogP) is 2.92. The molecule has 1 amide bonds. The summed E-state index contributed by atoms with van der Waals surface area (Å²) in [5.74, 6) is 0.143. The Kier molecular flexibility index (Phi) is 6.43. The molecule has 1 saturated heterocycles. The van der Waals surface area contributed by atoms with Crippen LogP contribution in [0, 0.1) is 0 Å². The van der Waals surface area contributed by atoms with Gasteiger partial charge in [-0.25, -0.2) is 8.42 Å². The van der Waals surface area contributed by atoms with Gasteiger partial charge in [-0.3, -0.25) is 4.79 Å². The van der Waals surface area contributed by atoms with Crippen LogP contribution in [0.2, 0.25) is 0 Å². The maximum atomic E-state index is 12.5. The maximum absolute atomic E-state index is 12.5. The molecule has 1 aromatic heterocycles. The molecule has 5 nitrogen and oxygen atoms in total. The summed E-state index contributed by atoms with van der Waals surface area (Å²) in [6.45, 7) is 3.82. The summed E-state index contributed by atoms with van der Waals surface area (Å²) >= 11 is 4.51. The van der Waals surface area contributed by atoms with Gasteiger partial charge >= 0.3 is 0 Å². The summed E-state index contributed by atoms with van der Waals surface area (Å²) in [5, 5.41) is 0. The highest BCUT2D eigenvalue weighted by molar-refractivity contribution is 9.11. The molecule has 1 aliphatic heterocycles. The van der Waals surface area contributed by atoms with E-state index in [4.69, 9.17) is 0 Å². The van der Waals surface area contributed by atoms with Crippen molar-refractivity contribution in [3.8, 4) is 0 Å². The number of sulfonamides is 1. The van der Waals surface area contributed by atoms with Gasteiger partial charge in [-0.15, -0.1) is 11.3 Å². The molecule has 0 bridgehead atoms. The molecule has 0 radical (unpaired) electrons. The number of rotatable bonds is 6. The van der Waals surface area contributed by atoms with E-state index in [2.05, 4.69) is 22.9 Å². The molecule has 0 unspecified atom stereocenters. The van der Waals surface area contributed by atoms with E-state index in [9.17, 15) is 13.2 Å². The van der Waals surface area contributed by atoms with Gasteiger partial charge in [0, 0.05) is 32.6 Å². The van der Waals surface area contributed by atoms with Gasteiger partial charge < -0.3 is 4.90 Å². The highest BCUT2D eigenvalue weighted by Crippen LogP contribution is 2.29. The third kappa shape index (κ3) is 4.31. The van der Waals surface area contributed by atoms with Crippen LogP contribution in [-0.2, 0) is 14.8 Å². The molecule has 0 aromatic carbocycles. The van der Waals surface area contributed by atoms with Gasteiger partial charge in [-0.05, 0) is 34.5 Å². The van der Waals surface area contributed by atoms with Gasteiger partial charge in [-0.2, -0.15) is 4.31 Å². The quantitative estimate of drug-likeness (QED) is 0.679. The van der Waals surface area contributed by atoms with E-state index in [1.165, 1.54) is 15.6 Å². The number of halogens is 1. The third-order valence-electron chi connectivity index (χ3n) is 3.73. The van der Waals surface area contributed by atoms with Crippen LogP contribution in [0.4, 0.5) is 0 Å². The van der Waals surface area contributed by atoms with Crippen LogP contribution in [0.5, 0.6) is 0 Å². The molecule has 1 aliphatic rings. The van der Waals surface area contributed by atoms with Crippen molar-refractivity contribution < 1.29 is 13.2 Å². The number of carbonyl (C=O) groups is 1. The zero-order chi connectivity index (χ0) is 16.2. The largest absolute Gasteiger partial charge is 0.340 e. The average Bonchev–Trinajstić information content (AvgIpc) is 2.95. The van der Waals surface area contributed by atoms with Gasteiger partial charge in [0.25, 0.3) is 10.0 Å². The standard InChI is InChI=1S/C14H21BrN2O3S2/c1-2-3-4-5-13(18)16-8-10-17(11-9-16)22(19,20)14-7-6-12(15)21-14/h6-7H,2-5,8-11H2,1H3. The molecule has 2 rings (SSSR count). The van der Waals surface area contributed by atoms with Crippen molar-refractivity contribution >= 4 is 43.2 Å². The van der Waals surface area contributed by atoms with E-state index in [1.807, 2.05) is 0 Å². The predicted molar refractivity (Wildman–Crippen MR) is 91.5 cm³/mol. The Hall–Kier alpha value is -0.440. The number of piperazine rings is 1. The molecule has 0 aliphatic carbocycles. The molecular weight excluding hydrogens is 388 g/mol. The lowest BCUT2D eigenvalue weighted by Crippen LogP contribution is -2.50.